The van der Waals surface area contributed by atoms with Crippen molar-refractivity contribution in [3.05, 3.63) is 64.2 Å². The number of amides is 5. The second-order valence-corrected chi connectivity index (χ2v) is 15.8. The molecule has 10 N–H and O–H groups in total. The number of hydrogen-bond donors (Lipinski definition) is 8. The van der Waals surface area contributed by atoms with Gasteiger partial charge in [-0.3, -0.25) is 24.0 Å². The minimum atomic E-state index is -1.50. The van der Waals surface area contributed by atoms with Gasteiger partial charge in [0.2, 0.25) is 29.5 Å². The highest BCUT2D eigenvalue weighted by atomic mass is 32.2. The van der Waals surface area contributed by atoms with Crippen LogP contribution in [0.1, 0.15) is 48.6 Å². The molecule has 0 fully saturated rings. The van der Waals surface area contributed by atoms with Crippen LogP contribution in [0.2, 0.25) is 0 Å². The van der Waals surface area contributed by atoms with Crippen molar-refractivity contribution in [2.45, 2.75) is 88.8 Å². The van der Waals surface area contributed by atoms with Crippen LogP contribution in [-0.4, -0.2) is 98.6 Å². The summed E-state index contributed by atoms with van der Waals surface area (Å²) in [5, 5.41) is 30.5. The summed E-state index contributed by atoms with van der Waals surface area (Å²) < 4.78 is 0. The number of rotatable bonds is 18. The fourth-order valence-corrected chi connectivity index (χ4v) is 7.72. The summed E-state index contributed by atoms with van der Waals surface area (Å²) in [4.78, 5) is 65.9. The Balaban J connectivity index is 1.83. The molecule has 1 aliphatic rings. The first-order valence-electron chi connectivity index (χ1n) is 16.5. The van der Waals surface area contributed by atoms with Crippen molar-refractivity contribution in [2.75, 3.05) is 23.9 Å². The van der Waals surface area contributed by atoms with Crippen molar-refractivity contribution >= 4 is 53.1 Å². The number of aliphatic hydroxyl groups excluding tert-OH is 1. The molecule has 50 heavy (non-hydrogen) atoms. The summed E-state index contributed by atoms with van der Waals surface area (Å²) in [7, 11) is 0. The largest absolute Gasteiger partial charge is 0.508 e. The van der Waals surface area contributed by atoms with Crippen LogP contribution in [0.3, 0.4) is 0 Å². The van der Waals surface area contributed by atoms with Crippen LogP contribution in [0.25, 0.3) is 0 Å². The fraction of sp³-hybridized carbons (Fsp3) is 0.514. The predicted octanol–water partition coefficient (Wildman–Crippen LogP) is 0.359. The van der Waals surface area contributed by atoms with Gasteiger partial charge in [-0.2, -0.15) is 23.5 Å². The molecular weight excluding hydrogens is 681 g/mol. The van der Waals surface area contributed by atoms with E-state index in [1.54, 1.807) is 23.9 Å². The average molecular weight is 731 g/mol. The van der Waals surface area contributed by atoms with E-state index in [1.807, 2.05) is 38.1 Å². The number of phenolic OH excluding ortho intramolecular Hbond substituents is 1. The highest BCUT2D eigenvalue weighted by Gasteiger charge is 2.47. The first kappa shape index (κ1) is 40.6. The maximum atomic E-state index is 14.1. The molecule has 1 aliphatic carbocycles. The van der Waals surface area contributed by atoms with Crippen molar-refractivity contribution in [2.24, 2.45) is 11.5 Å². The molecular formula is C35H50N6O7S2. The lowest BCUT2D eigenvalue weighted by Crippen LogP contribution is -2.65. The second kappa shape index (κ2) is 18.4. The van der Waals surface area contributed by atoms with Gasteiger partial charge in [-0.25, -0.2) is 0 Å². The molecule has 3 rings (SSSR count). The fourth-order valence-electron chi connectivity index (χ4n) is 5.76. The summed E-state index contributed by atoms with van der Waals surface area (Å²) in [6.07, 6.45) is 0.450. The summed E-state index contributed by atoms with van der Waals surface area (Å²) >= 11 is 3.28. The van der Waals surface area contributed by atoms with Crippen molar-refractivity contribution in [3.8, 4) is 5.75 Å². The van der Waals surface area contributed by atoms with E-state index in [0.717, 1.165) is 39.3 Å². The van der Waals surface area contributed by atoms with Gasteiger partial charge in [-0.1, -0.05) is 38.1 Å². The summed E-state index contributed by atoms with van der Waals surface area (Å²) in [5.74, 6) is -1.53. The third kappa shape index (κ3) is 11.1. The number of nitrogens with one attached hydrogen (secondary N) is 4. The van der Waals surface area contributed by atoms with Crippen LogP contribution in [0.15, 0.2) is 36.4 Å². The SMILES string of the molecule is Cc1cc(O)cc(C)c1C[C@H](N)C(=O)N[C@H](CSCCSC(C)C)C(=O)NC1(C(=O)N[C@H](C)C(=O)N[C@@H](CO)C(N)=O)Cc2ccccc2C1. The lowest BCUT2D eigenvalue weighted by Gasteiger charge is -2.32. The molecule has 0 heterocycles. The molecule has 0 aliphatic heterocycles. The Kier molecular flexibility index (Phi) is 15.0. The molecule has 0 aromatic heterocycles. The Morgan fingerprint density at radius 3 is 2.00 bits per heavy atom. The van der Waals surface area contributed by atoms with Crippen molar-refractivity contribution in [1.82, 2.24) is 21.3 Å². The molecule has 15 heteroatoms. The van der Waals surface area contributed by atoms with Gasteiger partial charge in [0, 0.05) is 30.1 Å². The van der Waals surface area contributed by atoms with Crippen LogP contribution >= 0.6 is 23.5 Å². The van der Waals surface area contributed by atoms with E-state index in [9.17, 15) is 34.2 Å². The number of thioether (sulfide) groups is 2. The number of aliphatic hydroxyl groups is 1. The number of carbonyl (C=O) groups excluding carboxylic acids is 5. The Morgan fingerprint density at radius 1 is 0.880 bits per heavy atom. The van der Waals surface area contributed by atoms with Gasteiger partial charge in [-0.05, 0) is 72.4 Å². The van der Waals surface area contributed by atoms with Crippen LogP contribution in [0.4, 0.5) is 0 Å². The van der Waals surface area contributed by atoms with E-state index < -0.39 is 65.8 Å². The summed E-state index contributed by atoms with van der Waals surface area (Å²) in [5.41, 5.74) is 14.2. The van der Waals surface area contributed by atoms with E-state index in [2.05, 4.69) is 35.1 Å². The quantitative estimate of drug-likeness (QED) is 0.0983. The van der Waals surface area contributed by atoms with Crippen LogP contribution in [0, 0.1) is 13.8 Å². The van der Waals surface area contributed by atoms with E-state index in [1.165, 1.54) is 18.7 Å². The minimum absolute atomic E-state index is 0.119. The molecule has 13 nitrogen and oxygen atoms in total. The van der Waals surface area contributed by atoms with Crippen LogP contribution in [0.5, 0.6) is 5.75 Å². The van der Waals surface area contributed by atoms with Gasteiger partial charge in [-0.15, -0.1) is 0 Å². The molecule has 0 saturated heterocycles. The Labute approximate surface area is 301 Å². The normalized spacial score (nSPS) is 15.7. The number of aryl methyl sites for hydroxylation is 2. The van der Waals surface area contributed by atoms with Gasteiger partial charge < -0.3 is 42.9 Å². The molecule has 274 valence electrons. The third-order valence-corrected chi connectivity index (χ3v) is 10.9. The zero-order chi connectivity index (χ0) is 37.2. The van der Waals surface area contributed by atoms with Crippen molar-refractivity contribution in [3.63, 3.8) is 0 Å². The second-order valence-electron chi connectivity index (χ2n) is 13.0. The predicted molar refractivity (Wildman–Crippen MR) is 197 cm³/mol. The maximum Gasteiger partial charge on any atom is 0.247 e. The maximum absolute atomic E-state index is 14.1. The highest BCUT2D eigenvalue weighted by molar-refractivity contribution is 8.03. The zero-order valence-electron chi connectivity index (χ0n) is 29.2. The van der Waals surface area contributed by atoms with Gasteiger partial charge in [0.15, 0.2) is 0 Å². The Morgan fingerprint density at radius 2 is 1.46 bits per heavy atom. The molecule has 0 saturated carbocycles. The average Bonchev–Trinajstić information content (AvgIpc) is 3.43. The number of hydrogen-bond acceptors (Lipinski definition) is 10. The van der Waals surface area contributed by atoms with Crippen LogP contribution < -0.4 is 32.7 Å². The Bertz CT molecular complexity index is 1510. The first-order chi connectivity index (χ1) is 23.6. The summed E-state index contributed by atoms with van der Waals surface area (Å²) in [6, 6.07) is 6.07. The number of aromatic hydroxyl groups is 1. The zero-order valence-corrected chi connectivity index (χ0v) is 30.8. The molecule has 4 atom stereocenters. The van der Waals surface area contributed by atoms with E-state index in [-0.39, 0.29) is 30.8 Å². The first-order valence-corrected chi connectivity index (χ1v) is 18.7. The topological polar surface area (TPSA) is 226 Å². The van der Waals surface area contributed by atoms with E-state index in [0.29, 0.717) is 5.25 Å². The lowest BCUT2D eigenvalue weighted by atomic mass is 9.93. The van der Waals surface area contributed by atoms with Gasteiger partial charge in [0.05, 0.1) is 12.6 Å². The standard InChI is InChI=1S/C35H50N6O7S2/c1-19(2)50-11-10-49-18-29(40-32(46)27(36)14-26-20(3)12-25(43)13-21(26)4)33(47)41-35(15-23-8-6-7-9-24(23)16-35)34(48)38-22(5)31(45)39-28(17-42)30(37)44/h6-9,12-13,19,22,27-29,42-43H,10-11,14-18,36H2,1-5H3,(H2,37,44)(H,38,48)(H,39,45)(H,40,46)(H,41,47)/t22-,27+,28+,29-/m1/s1. The van der Waals surface area contributed by atoms with Crippen LogP contribution in [-0.2, 0) is 43.2 Å². The molecule has 0 bridgehead atoms. The number of phenols is 1. The number of fused-ring (bicyclic) bond motifs is 1. The smallest absolute Gasteiger partial charge is 0.247 e. The van der Waals surface area contributed by atoms with Gasteiger partial charge >= 0.3 is 0 Å². The Hall–Kier alpha value is -3.79. The molecule has 2 aromatic rings. The monoisotopic (exact) mass is 730 g/mol. The number of nitrogens with two attached hydrogens (primary N) is 2. The number of primary amides is 1. The molecule has 0 unspecified atom stereocenters. The number of carbonyl (C=O) groups is 5. The van der Waals surface area contributed by atoms with Gasteiger partial charge in [0.25, 0.3) is 0 Å². The van der Waals surface area contributed by atoms with E-state index in [4.69, 9.17) is 11.5 Å². The van der Waals surface area contributed by atoms with Crippen molar-refractivity contribution < 1.29 is 34.2 Å². The van der Waals surface area contributed by atoms with Gasteiger partial charge in [0.1, 0.15) is 29.4 Å². The van der Waals surface area contributed by atoms with E-state index >= 15 is 0 Å². The molecule has 5 amide bonds. The highest BCUT2D eigenvalue weighted by Crippen LogP contribution is 2.31. The third-order valence-electron chi connectivity index (χ3n) is 8.52. The van der Waals surface area contributed by atoms with Crippen molar-refractivity contribution in [1.29, 1.82) is 0 Å². The molecule has 2 aromatic carbocycles. The molecule has 0 radical (unpaired) electrons. The minimum Gasteiger partial charge on any atom is -0.508 e. The lowest BCUT2D eigenvalue weighted by molar-refractivity contribution is -0.137. The molecule has 0 spiro atoms. The summed E-state index contributed by atoms with van der Waals surface area (Å²) in [6.45, 7) is 8.55. The number of benzene rings is 2.